The fraction of sp³-hybridized carbons (Fsp3) is 0.333. The summed E-state index contributed by atoms with van der Waals surface area (Å²) in [6.45, 7) is 7.96. The SMILES string of the molecule is COc1ccc(C(C)(C)c2csc(NC(=O)c3ccc(N4CCNCC4)cc3Cl)n2)cc1. The highest BCUT2D eigenvalue weighted by molar-refractivity contribution is 7.14. The van der Waals surface area contributed by atoms with Crippen LogP contribution in [0.3, 0.4) is 0 Å². The number of piperazine rings is 1. The Morgan fingerprint density at radius 3 is 2.56 bits per heavy atom. The second kappa shape index (κ2) is 9.48. The quantitative estimate of drug-likeness (QED) is 0.542. The lowest BCUT2D eigenvalue weighted by atomic mass is 9.82. The number of methoxy groups -OCH3 is 1. The Balaban J connectivity index is 1.47. The zero-order chi connectivity index (χ0) is 22.7. The van der Waals surface area contributed by atoms with Crippen molar-refractivity contribution in [2.75, 3.05) is 43.5 Å². The highest BCUT2D eigenvalue weighted by atomic mass is 35.5. The van der Waals surface area contributed by atoms with Gasteiger partial charge in [0, 0.05) is 42.7 Å². The Kier molecular flexibility index (Phi) is 6.69. The molecule has 2 N–H and O–H groups in total. The summed E-state index contributed by atoms with van der Waals surface area (Å²) in [4.78, 5) is 19.8. The van der Waals surface area contributed by atoms with E-state index in [0.717, 1.165) is 48.9 Å². The van der Waals surface area contributed by atoms with Crippen LogP contribution < -0.4 is 20.3 Å². The smallest absolute Gasteiger partial charge is 0.258 e. The van der Waals surface area contributed by atoms with Crippen LogP contribution in [0.5, 0.6) is 5.75 Å². The molecular formula is C24H27ClN4O2S. The van der Waals surface area contributed by atoms with E-state index in [9.17, 15) is 4.79 Å². The molecule has 4 rings (SSSR count). The topological polar surface area (TPSA) is 66.5 Å². The molecule has 1 aromatic heterocycles. The molecule has 0 spiro atoms. The number of rotatable bonds is 6. The van der Waals surface area contributed by atoms with Crippen LogP contribution in [-0.4, -0.2) is 44.2 Å². The molecule has 3 aromatic rings. The summed E-state index contributed by atoms with van der Waals surface area (Å²) in [5.74, 6) is 0.556. The van der Waals surface area contributed by atoms with E-state index in [-0.39, 0.29) is 11.3 Å². The van der Waals surface area contributed by atoms with E-state index in [1.807, 2.05) is 41.8 Å². The van der Waals surface area contributed by atoms with Gasteiger partial charge in [-0.25, -0.2) is 4.98 Å². The lowest BCUT2D eigenvalue weighted by Gasteiger charge is -2.29. The minimum atomic E-state index is -0.311. The molecule has 0 saturated carbocycles. The molecule has 1 aliphatic rings. The average Bonchev–Trinajstić information content (AvgIpc) is 3.29. The minimum Gasteiger partial charge on any atom is -0.497 e. The summed E-state index contributed by atoms with van der Waals surface area (Å²) in [6.07, 6.45) is 0. The maximum Gasteiger partial charge on any atom is 0.258 e. The summed E-state index contributed by atoms with van der Waals surface area (Å²) in [6, 6.07) is 13.6. The van der Waals surface area contributed by atoms with Crippen molar-refractivity contribution in [3.8, 4) is 5.75 Å². The van der Waals surface area contributed by atoms with Gasteiger partial charge in [0.05, 0.1) is 23.4 Å². The number of thiazole rings is 1. The third-order valence-electron chi connectivity index (χ3n) is 5.86. The highest BCUT2D eigenvalue weighted by Gasteiger charge is 2.27. The van der Waals surface area contributed by atoms with Crippen LogP contribution in [0.25, 0.3) is 0 Å². The van der Waals surface area contributed by atoms with Crippen molar-refractivity contribution in [2.24, 2.45) is 0 Å². The van der Waals surface area contributed by atoms with Gasteiger partial charge in [0.1, 0.15) is 5.75 Å². The van der Waals surface area contributed by atoms with Crippen LogP contribution in [0.1, 0.15) is 35.5 Å². The number of nitrogens with zero attached hydrogens (tertiary/aromatic N) is 2. The van der Waals surface area contributed by atoms with Gasteiger partial charge in [-0.2, -0.15) is 0 Å². The van der Waals surface area contributed by atoms with Gasteiger partial charge in [-0.3, -0.25) is 10.1 Å². The van der Waals surface area contributed by atoms with Crippen molar-refractivity contribution in [3.63, 3.8) is 0 Å². The van der Waals surface area contributed by atoms with E-state index < -0.39 is 0 Å². The van der Waals surface area contributed by atoms with E-state index in [0.29, 0.717) is 15.7 Å². The summed E-state index contributed by atoms with van der Waals surface area (Å²) >= 11 is 7.87. The standard InChI is InChI=1S/C24H27ClN4O2S/c1-24(2,16-4-7-18(31-3)8-5-16)21-15-32-23(27-21)28-22(30)19-9-6-17(14-20(19)25)29-12-10-26-11-13-29/h4-9,14-15,26H,10-13H2,1-3H3,(H,27,28,30). The predicted octanol–water partition coefficient (Wildman–Crippen LogP) is 4.79. The number of amides is 1. The number of carbonyl (C=O) groups is 1. The Bertz CT molecular complexity index is 1090. The molecule has 0 atom stereocenters. The second-order valence-electron chi connectivity index (χ2n) is 8.25. The maximum atomic E-state index is 12.9. The Morgan fingerprint density at radius 1 is 1.19 bits per heavy atom. The summed E-state index contributed by atoms with van der Waals surface area (Å²) < 4.78 is 5.25. The number of ether oxygens (including phenoxy) is 1. The van der Waals surface area contributed by atoms with Gasteiger partial charge in [-0.15, -0.1) is 11.3 Å². The molecule has 168 valence electrons. The number of nitrogens with one attached hydrogen (secondary N) is 2. The number of carbonyl (C=O) groups excluding carboxylic acids is 1. The van der Waals surface area contributed by atoms with Crippen LogP contribution in [0.4, 0.5) is 10.8 Å². The van der Waals surface area contributed by atoms with Crippen LogP contribution in [-0.2, 0) is 5.41 Å². The molecule has 2 heterocycles. The molecule has 32 heavy (non-hydrogen) atoms. The molecular weight excluding hydrogens is 444 g/mol. The fourth-order valence-electron chi connectivity index (χ4n) is 3.75. The summed E-state index contributed by atoms with van der Waals surface area (Å²) in [5, 5.41) is 9.20. The average molecular weight is 471 g/mol. The zero-order valence-electron chi connectivity index (χ0n) is 18.4. The first kappa shape index (κ1) is 22.6. The Labute approximate surface area is 197 Å². The first-order valence-corrected chi connectivity index (χ1v) is 11.8. The van der Waals surface area contributed by atoms with Gasteiger partial charge in [0.25, 0.3) is 5.91 Å². The molecule has 6 nitrogen and oxygen atoms in total. The molecule has 0 unspecified atom stereocenters. The van der Waals surface area contributed by atoms with E-state index in [4.69, 9.17) is 16.3 Å². The second-order valence-corrected chi connectivity index (χ2v) is 9.51. The van der Waals surface area contributed by atoms with Gasteiger partial charge in [-0.1, -0.05) is 37.6 Å². The lowest BCUT2D eigenvalue weighted by molar-refractivity contribution is 0.102. The monoisotopic (exact) mass is 470 g/mol. The third-order valence-corrected chi connectivity index (χ3v) is 6.93. The number of aromatic nitrogens is 1. The predicted molar refractivity (Wildman–Crippen MR) is 132 cm³/mol. The van der Waals surface area contributed by atoms with Gasteiger partial charge in [0.2, 0.25) is 0 Å². The number of hydrogen-bond acceptors (Lipinski definition) is 6. The zero-order valence-corrected chi connectivity index (χ0v) is 20.0. The molecule has 0 aliphatic carbocycles. The van der Waals surface area contributed by atoms with Crippen LogP contribution in [0, 0.1) is 0 Å². The van der Waals surface area contributed by atoms with Gasteiger partial charge >= 0.3 is 0 Å². The molecule has 1 amide bonds. The maximum absolute atomic E-state index is 12.9. The normalized spacial score (nSPS) is 14.3. The Morgan fingerprint density at radius 2 is 1.91 bits per heavy atom. The van der Waals surface area contributed by atoms with Crippen molar-refractivity contribution in [3.05, 3.63) is 69.7 Å². The highest BCUT2D eigenvalue weighted by Crippen LogP contribution is 2.34. The van der Waals surface area contributed by atoms with E-state index in [2.05, 4.69) is 34.4 Å². The van der Waals surface area contributed by atoms with E-state index in [1.54, 1.807) is 13.2 Å². The van der Waals surface area contributed by atoms with Gasteiger partial charge in [0.15, 0.2) is 5.13 Å². The first-order valence-electron chi connectivity index (χ1n) is 10.6. The summed E-state index contributed by atoms with van der Waals surface area (Å²) in [5.41, 5.74) is 3.17. The third kappa shape index (κ3) is 4.75. The molecule has 0 bridgehead atoms. The van der Waals surface area contributed by atoms with Crippen LogP contribution in [0.15, 0.2) is 47.8 Å². The lowest BCUT2D eigenvalue weighted by Crippen LogP contribution is -2.43. The van der Waals surface area contributed by atoms with Crippen molar-refractivity contribution in [2.45, 2.75) is 19.3 Å². The van der Waals surface area contributed by atoms with Crippen LogP contribution >= 0.6 is 22.9 Å². The molecule has 8 heteroatoms. The van der Waals surface area contributed by atoms with Crippen molar-refractivity contribution >= 4 is 39.7 Å². The number of benzene rings is 2. The molecule has 1 aliphatic heterocycles. The molecule has 1 saturated heterocycles. The Hall–Kier alpha value is -2.61. The molecule has 1 fully saturated rings. The molecule has 0 radical (unpaired) electrons. The van der Waals surface area contributed by atoms with Gasteiger partial charge in [-0.05, 0) is 35.9 Å². The van der Waals surface area contributed by atoms with Crippen molar-refractivity contribution < 1.29 is 9.53 Å². The van der Waals surface area contributed by atoms with Crippen LogP contribution in [0.2, 0.25) is 5.02 Å². The van der Waals surface area contributed by atoms with E-state index >= 15 is 0 Å². The fourth-order valence-corrected chi connectivity index (χ4v) is 4.88. The van der Waals surface area contributed by atoms with E-state index in [1.165, 1.54) is 11.3 Å². The van der Waals surface area contributed by atoms with Crippen molar-refractivity contribution in [1.29, 1.82) is 0 Å². The minimum absolute atomic E-state index is 0.259. The number of hydrogen-bond donors (Lipinski definition) is 2. The molecule has 2 aromatic carbocycles. The van der Waals surface area contributed by atoms with Gasteiger partial charge < -0.3 is 15.0 Å². The summed E-state index contributed by atoms with van der Waals surface area (Å²) in [7, 11) is 1.65. The first-order chi connectivity index (χ1) is 15.4. The largest absolute Gasteiger partial charge is 0.497 e. The number of anilines is 2. The van der Waals surface area contributed by atoms with Crippen molar-refractivity contribution in [1.82, 2.24) is 10.3 Å². The number of halogens is 1.